The summed E-state index contributed by atoms with van der Waals surface area (Å²) in [5, 5.41) is 11.3. The van der Waals surface area contributed by atoms with E-state index >= 15 is 0 Å². The van der Waals surface area contributed by atoms with Gasteiger partial charge in [-0.15, -0.1) is 23.1 Å². The van der Waals surface area contributed by atoms with Crippen molar-refractivity contribution >= 4 is 34.4 Å². The van der Waals surface area contributed by atoms with E-state index in [0.29, 0.717) is 11.3 Å². The van der Waals surface area contributed by atoms with Gasteiger partial charge in [0.2, 0.25) is 0 Å². The Balaban J connectivity index is 2.58. The van der Waals surface area contributed by atoms with Gasteiger partial charge in [0.05, 0.1) is 11.3 Å². The van der Waals surface area contributed by atoms with Crippen LogP contribution in [0.4, 0.5) is 0 Å². The van der Waals surface area contributed by atoms with E-state index in [-0.39, 0.29) is 0 Å². The topological polar surface area (TPSA) is 49.8 Å². The lowest BCUT2D eigenvalue weighted by molar-refractivity contribution is 1.37. The van der Waals surface area contributed by atoms with E-state index in [0.717, 1.165) is 15.3 Å². The highest BCUT2D eigenvalue weighted by atomic mass is 32.2. The van der Waals surface area contributed by atoms with E-state index in [1.165, 1.54) is 11.3 Å². The van der Waals surface area contributed by atoms with Gasteiger partial charge in [0.25, 0.3) is 0 Å². The Morgan fingerprint density at radius 1 is 1.28 bits per heavy atom. The highest BCUT2D eigenvalue weighted by molar-refractivity contribution is 7.98. The van der Waals surface area contributed by atoms with Gasteiger partial charge in [0.1, 0.15) is 6.07 Å². The smallest absolute Gasteiger partial charge is 0.103 e. The molecule has 0 radical (unpaired) electrons. The van der Waals surface area contributed by atoms with Gasteiger partial charge in [0, 0.05) is 15.3 Å². The van der Waals surface area contributed by atoms with Crippen LogP contribution in [0.5, 0.6) is 0 Å². The van der Waals surface area contributed by atoms with Gasteiger partial charge in [-0.25, -0.2) is 0 Å². The zero-order valence-electron chi connectivity index (χ0n) is 9.88. The molecule has 90 valence electrons. The lowest BCUT2D eigenvalue weighted by atomic mass is 10.1. The molecule has 0 unspecified atom stereocenters. The standard InChI is InChI=1S/C14H12N2S2/c1-17-12-6-3-2-5-10(12)14(16)11(9-15)13-7-4-8-18-13/h2-8H,16H2,1H3/b14-11+. The van der Waals surface area contributed by atoms with Gasteiger partial charge >= 0.3 is 0 Å². The summed E-state index contributed by atoms with van der Waals surface area (Å²) < 4.78 is 0. The maximum Gasteiger partial charge on any atom is 0.103 e. The first-order valence-electron chi connectivity index (χ1n) is 5.35. The van der Waals surface area contributed by atoms with E-state index in [2.05, 4.69) is 6.07 Å². The van der Waals surface area contributed by atoms with Gasteiger partial charge in [-0.05, 0) is 23.8 Å². The summed E-state index contributed by atoms with van der Waals surface area (Å²) in [4.78, 5) is 1.99. The molecule has 0 atom stereocenters. The zero-order valence-corrected chi connectivity index (χ0v) is 11.5. The third-order valence-corrected chi connectivity index (χ3v) is 4.23. The van der Waals surface area contributed by atoms with E-state index in [1.807, 2.05) is 48.0 Å². The number of allylic oxidation sites excluding steroid dienone is 1. The van der Waals surface area contributed by atoms with Crippen LogP contribution < -0.4 is 5.73 Å². The van der Waals surface area contributed by atoms with Crippen molar-refractivity contribution in [2.75, 3.05) is 6.26 Å². The second kappa shape index (κ2) is 5.76. The van der Waals surface area contributed by atoms with Crippen molar-refractivity contribution in [3.05, 3.63) is 52.2 Å². The highest BCUT2D eigenvalue weighted by Gasteiger charge is 2.11. The summed E-state index contributed by atoms with van der Waals surface area (Å²) in [6.07, 6.45) is 2.00. The SMILES string of the molecule is CSc1ccccc1/C(N)=C(/C#N)c1cccs1. The van der Waals surface area contributed by atoms with Crippen LogP contribution in [0.3, 0.4) is 0 Å². The van der Waals surface area contributed by atoms with Gasteiger partial charge in [-0.1, -0.05) is 24.3 Å². The number of rotatable bonds is 3. The molecule has 4 heteroatoms. The van der Waals surface area contributed by atoms with Crippen molar-refractivity contribution in [2.24, 2.45) is 5.73 Å². The molecule has 1 aromatic carbocycles. The van der Waals surface area contributed by atoms with Crippen molar-refractivity contribution in [1.29, 1.82) is 5.26 Å². The van der Waals surface area contributed by atoms with Crippen LogP contribution in [0.2, 0.25) is 0 Å². The molecule has 2 aromatic rings. The van der Waals surface area contributed by atoms with Gasteiger partial charge in [-0.2, -0.15) is 5.26 Å². The largest absolute Gasteiger partial charge is 0.397 e. The molecule has 2 nitrogen and oxygen atoms in total. The van der Waals surface area contributed by atoms with Crippen LogP contribution in [-0.2, 0) is 0 Å². The maximum atomic E-state index is 9.31. The Bertz CT molecular complexity index is 607. The molecule has 18 heavy (non-hydrogen) atoms. The summed E-state index contributed by atoms with van der Waals surface area (Å²) in [7, 11) is 0. The fourth-order valence-corrected chi connectivity index (χ4v) is 3.02. The molecule has 0 spiro atoms. The number of thiophene rings is 1. The number of hydrogen-bond donors (Lipinski definition) is 1. The molecule has 0 saturated heterocycles. The summed E-state index contributed by atoms with van der Waals surface area (Å²) >= 11 is 3.15. The van der Waals surface area contributed by atoms with E-state index < -0.39 is 0 Å². The summed E-state index contributed by atoms with van der Waals surface area (Å²) in [6, 6.07) is 13.9. The predicted molar refractivity (Wildman–Crippen MR) is 79.2 cm³/mol. The van der Waals surface area contributed by atoms with Crippen LogP contribution >= 0.6 is 23.1 Å². The first-order chi connectivity index (χ1) is 8.77. The van der Waals surface area contributed by atoms with Crippen LogP contribution in [0.1, 0.15) is 10.4 Å². The number of benzene rings is 1. The van der Waals surface area contributed by atoms with E-state index in [1.54, 1.807) is 11.8 Å². The predicted octanol–water partition coefficient (Wildman–Crippen LogP) is 3.82. The number of nitriles is 1. The Labute approximate surface area is 115 Å². The summed E-state index contributed by atoms with van der Waals surface area (Å²) in [5.74, 6) is 0. The normalized spacial score (nSPS) is 11.8. The average Bonchev–Trinajstić information content (AvgIpc) is 2.93. The van der Waals surface area contributed by atoms with Crippen LogP contribution in [-0.4, -0.2) is 6.26 Å². The van der Waals surface area contributed by atoms with Gasteiger partial charge in [-0.3, -0.25) is 0 Å². The van der Waals surface area contributed by atoms with Crippen LogP contribution in [0.25, 0.3) is 11.3 Å². The Morgan fingerprint density at radius 3 is 2.67 bits per heavy atom. The molecule has 0 fully saturated rings. The summed E-state index contributed by atoms with van der Waals surface area (Å²) in [6.45, 7) is 0. The molecule has 0 amide bonds. The van der Waals surface area contributed by atoms with Crippen molar-refractivity contribution in [2.45, 2.75) is 4.90 Å². The number of nitrogens with two attached hydrogens (primary N) is 1. The molecule has 2 rings (SSSR count). The molecular weight excluding hydrogens is 260 g/mol. The Morgan fingerprint density at radius 2 is 2.06 bits per heavy atom. The molecule has 1 heterocycles. The Kier molecular flexibility index (Phi) is 4.08. The minimum Gasteiger partial charge on any atom is -0.397 e. The van der Waals surface area contributed by atoms with Gasteiger partial charge < -0.3 is 5.73 Å². The van der Waals surface area contributed by atoms with Crippen molar-refractivity contribution in [3.8, 4) is 6.07 Å². The first kappa shape index (κ1) is 12.7. The Hall–Kier alpha value is -1.70. The van der Waals surface area contributed by atoms with Crippen molar-refractivity contribution in [3.63, 3.8) is 0 Å². The minimum absolute atomic E-state index is 0.546. The monoisotopic (exact) mass is 272 g/mol. The quantitative estimate of drug-likeness (QED) is 0.682. The second-order valence-electron chi connectivity index (χ2n) is 3.58. The number of thioether (sulfide) groups is 1. The molecule has 0 saturated carbocycles. The zero-order chi connectivity index (χ0) is 13.0. The molecule has 0 aliphatic carbocycles. The van der Waals surface area contributed by atoms with E-state index in [9.17, 15) is 5.26 Å². The van der Waals surface area contributed by atoms with Crippen LogP contribution in [0.15, 0.2) is 46.7 Å². The molecule has 0 bridgehead atoms. The lowest BCUT2D eigenvalue weighted by Crippen LogP contribution is -2.01. The van der Waals surface area contributed by atoms with Crippen LogP contribution in [0, 0.1) is 11.3 Å². The molecular formula is C14H12N2S2. The number of hydrogen-bond acceptors (Lipinski definition) is 4. The first-order valence-corrected chi connectivity index (χ1v) is 7.45. The van der Waals surface area contributed by atoms with Gasteiger partial charge in [0.15, 0.2) is 0 Å². The molecule has 0 aliphatic heterocycles. The molecule has 2 N–H and O–H groups in total. The fourth-order valence-electron chi connectivity index (χ4n) is 1.67. The second-order valence-corrected chi connectivity index (χ2v) is 5.37. The third kappa shape index (κ3) is 2.42. The lowest BCUT2D eigenvalue weighted by Gasteiger charge is -2.09. The minimum atomic E-state index is 0.546. The summed E-state index contributed by atoms with van der Waals surface area (Å²) in [5.41, 5.74) is 8.19. The molecule has 1 aromatic heterocycles. The maximum absolute atomic E-state index is 9.31. The third-order valence-electron chi connectivity index (χ3n) is 2.55. The fraction of sp³-hybridized carbons (Fsp3) is 0.0714. The van der Waals surface area contributed by atoms with Crippen molar-refractivity contribution < 1.29 is 0 Å². The van der Waals surface area contributed by atoms with Crippen molar-refractivity contribution in [1.82, 2.24) is 0 Å². The average molecular weight is 272 g/mol. The highest BCUT2D eigenvalue weighted by Crippen LogP contribution is 2.30. The van der Waals surface area contributed by atoms with E-state index in [4.69, 9.17) is 5.73 Å². The molecule has 0 aliphatic rings. The number of nitrogens with zero attached hydrogens (tertiary/aromatic N) is 1.